The highest BCUT2D eigenvalue weighted by molar-refractivity contribution is 7.91. The van der Waals surface area contributed by atoms with Gasteiger partial charge in [0.05, 0.1) is 87.3 Å². The molecule has 10 aromatic carbocycles. The molecule has 1 aliphatic heterocycles. The molecule has 21 rings (SSSR count). The fourth-order valence-corrected chi connectivity index (χ4v) is 21.3. The number of nitrogens with zero attached hydrogens (tertiary/aromatic N) is 10. The zero-order valence-electron chi connectivity index (χ0n) is 80.1. The standard InChI is InChI=1S/C29H28N2O4S.C28H29N5O4.C28H26N2O2.C24H22N4O2.C3H9N/c1-18(2)17-36(34,35)21-8-5-7-19(15-21)20-11-12-24-25(16-20)26-27(31(29(24)33)14-6-13-30)22-9-3-4-10-23(22)28(26)32;1-36-23-15-20-22(16-24(23)37-2)28(35)33(10-3-9-31-11-6-30-17-31)26-19-5-4-18(32-12-7-29-8-13-32)14-21(19)27(34)25(20)26;1-18-8-6-9-19(16-18)20-12-13-21-24(17-20)28(32)30(15-7-14-29(2)3)26-22-10-4-5-11-23(22)27(31)25(21)26;1-27(2)12-5-13-28-22-17-6-3-4-7-18(17)23(29)21(22)16-9-8-15(14-19(16)24(28)30)20-10-11-25-26-20;1-3(2)4/h3-5,7-12,15-16,18H,6,13-14,17,30H2,1-2H3;4-6,11,14-17,29H,3,7-10,12-13H2,1-2H3;4-6,8-13,16-17H,7,14-15H2,1-3H3;3-4,6-11,14H,5,12-13H2,1-2H3,(H,25,26);3H,4H2,1-2H3. The molecule has 26 nitrogen and oxygen atoms in total. The molecule has 6 N–H and O–H groups in total. The third-order valence-electron chi connectivity index (χ3n) is 25.9. The van der Waals surface area contributed by atoms with E-state index < -0.39 is 9.84 Å². The lowest BCUT2D eigenvalue weighted by atomic mass is 9.97. The second kappa shape index (κ2) is 40.9. The average Bonchev–Trinajstić information content (AvgIpc) is 1.59. The van der Waals surface area contributed by atoms with Crippen molar-refractivity contribution in [2.45, 2.75) is 104 Å². The number of aromatic nitrogens is 8. The molecule has 6 aromatic heterocycles. The largest absolute Gasteiger partial charge is 0.493 e. The molecule has 139 heavy (non-hydrogen) atoms. The summed E-state index contributed by atoms with van der Waals surface area (Å²) in [4.78, 5) is 120. The van der Waals surface area contributed by atoms with E-state index >= 15 is 0 Å². The highest BCUT2D eigenvalue weighted by Crippen LogP contribution is 2.47. The van der Waals surface area contributed by atoms with Crippen LogP contribution in [-0.2, 0) is 42.6 Å². The topological polar surface area (TPSA) is 329 Å². The number of anilines is 1. The van der Waals surface area contributed by atoms with E-state index in [-0.39, 0.29) is 61.9 Å². The second-order valence-corrected chi connectivity index (χ2v) is 39.1. The molecule has 0 unspecified atom stereocenters. The van der Waals surface area contributed by atoms with Crippen molar-refractivity contribution >= 4 is 81.7 Å². The number of pyridine rings is 4. The Kier molecular flexibility index (Phi) is 28.3. The van der Waals surface area contributed by atoms with Gasteiger partial charge in [0, 0.05) is 171 Å². The number of fused-ring (bicyclic) bond motifs is 20. The Balaban J connectivity index is 0.000000127. The molecule has 710 valence electrons. The summed E-state index contributed by atoms with van der Waals surface area (Å²) in [6, 6.07) is 66.3. The zero-order chi connectivity index (χ0) is 97.9. The normalized spacial score (nSPS) is 13.1. The Hall–Kier alpha value is -14.7. The summed E-state index contributed by atoms with van der Waals surface area (Å²) < 4.78 is 45.7. The first kappa shape index (κ1) is 96.0. The highest BCUT2D eigenvalue weighted by atomic mass is 32.2. The third kappa shape index (κ3) is 19.0. The number of carbonyl (C=O) groups is 4. The number of H-pyrrole nitrogens is 1. The third-order valence-corrected chi connectivity index (χ3v) is 28.0. The number of carbonyl (C=O) groups excluding carboxylic acids is 4. The van der Waals surface area contributed by atoms with Crippen LogP contribution in [0.4, 0.5) is 5.69 Å². The summed E-state index contributed by atoms with van der Waals surface area (Å²) in [7, 11) is 7.76. The number of aromatic amines is 1. The average molecular weight is 1880 g/mol. The van der Waals surface area contributed by atoms with E-state index in [1.807, 2.05) is 217 Å². The van der Waals surface area contributed by atoms with Gasteiger partial charge in [-0.3, -0.25) is 43.5 Å². The van der Waals surface area contributed by atoms with Gasteiger partial charge in [0.1, 0.15) is 0 Å². The van der Waals surface area contributed by atoms with Crippen molar-refractivity contribution in [3.63, 3.8) is 0 Å². The van der Waals surface area contributed by atoms with Crippen molar-refractivity contribution in [1.82, 2.24) is 53.1 Å². The van der Waals surface area contributed by atoms with Gasteiger partial charge in [-0.25, -0.2) is 13.4 Å². The number of benzene rings is 10. The molecule has 5 aliphatic rings. The maximum atomic E-state index is 14.0. The van der Waals surface area contributed by atoms with E-state index in [0.29, 0.717) is 169 Å². The molecular formula is C112H114N14O12S. The number of hydrogen-bond acceptors (Lipinski definition) is 20. The minimum absolute atomic E-state index is 0.00488. The summed E-state index contributed by atoms with van der Waals surface area (Å²) in [6.45, 7) is 18.2. The number of ketones is 4. The van der Waals surface area contributed by atoms with E-state index in [2.05, 4.69) is 66.4 Å². The quantitative estimate of drug-likeness (QED) is 0.0436. The Morgan fingerprint density at radius 1 is 0.424 bits per heavy atom. The van der Waals surface area contributed by atoms with Crippen LogP contribution in [0.2, 0.25) is 0 Å². The SMILES string of the molecule is CC(C)CS(=O)(=O)c1cccc(-c2ccc3c(=O)n(CCCN)c4c(c3c2)C(=O)c2ccccc2-4)c1.CC(C)N.CN(C)CCCn1c2c(c3ccc(-c4ccn[nH]4)cc3c1=O)C(=O)c1ccccc1-2.COc1cc2c3c(n(CCCn4ccnc4)c(=O)c2cc1OC)-c1ccc(N2CCNCC2)cc1C3=O.Cc1cccc(-c2ccc3c4c(n(CCCN(C)C)c(=O)c3c2)-c2ccccc2C4=O)c1. The maximum absolute atomic E-state index is 14.0. The van der Waals surface area contributed by atoms with Crippen molar-refractivity contribution in [3.8, 4) is 90.0 Å². The molecule has 0 atom stereocenters. The Bertz CT molecular complexity index is 7890. The first-order chi connectivity index (χ1) is 67.1. The molecule has 4 aliphatic carbocycles. The summed E-state index contributed by atoms with van der Waals surface area (Å²) in [6.07, 6.45) is 10.1. The Morgan fingerprint density at radius 2 is 0.849 bits per heavy atom. The number of aryl methyl sites for hydroxylation is 2. The minimum Gasteiger partial charge on any atom is -0.493 e. The van der Waals surface area contributed by atoms with Gasteiger partial charge in [0.2, 0.25) is 0 Å². The number of nitrogens with two attached hydrogens (primary N) is 2. The molecule has 0 spiro atoms. The number of ether oxygens (including phenoxy) is 2. The van der Waals surface area contributed by atoms with Gasteiger partial charge in [0.25, 0.3) is 22.2 Å². The van der Waals surface area contributed by atoms with E-state index in [1.165, 1.54) is 5.56 Å². The summed E-state index contributed by atoms with van der Waals surface area (Å²) >= 11 is 0. The van der Waals surface area contributed by atoms with Crippen LogP contribution in [-0.4, -0.2) is 179 Å². The van der Waals surface area contributed by atoms with Gasteiger partial charge < -0.3 is 63.8 Å². The number of hydrogen-bond donors (Lipinski definition) is 4. The van der Waals surface area contributed by atoms with E-state index in [1.54, 1.807) is 89.1 Å². The lowest BCUT2D eigenvalue weighted by Gasteiger charge is -2.29. The van der Waals surface area contributed by atoms with E-state index in [9.17, 15) is 46.8 Å². The second-order valence-electron chi connectivity index (χ2n) is 37.1. The monoisotopic (exact) mass is 1880 g/mol. The molecule has 1 fully saturated rings. The van der Waals surface area contributed by atoms with Crippen molar-refractivity contribution in [1.29, 1.82) is 0 Å². The van der Waals surface area contributed by atoms with Gasteiger partial charge in [-0.2, -0.15) is 5.10 Å². The molecular weight excluding hydrogens is 1770 g/mol. The Labute approximate surface area is 806 Å². The van der Waals surface area contributed by atoms with Crippen molar-refractivity contribution in [2.24, 2.45) is 17.4 Å². The number of imidazole rings is 1. The van der Waals surface area contributed by atoms with Crippen molar-refractivity contribution in [3.05, 3.63) is 329 Å². The van der Waals surface area contributed by atoms with Gasteiger partial charge in [-0.05, 0) is 181 Å². The smallest absolute Gasteiger partial charge is 0.259 e. The molecule has 27 heteroatoms. The number of rotatable bonds is 24. The predicted molar refractivity (Wildman–Crippen MR) is 553 cm³/mol. The van der Waals surface area contributed by atoms with E-state index in [4.69, 9.17) is 20.9 Å². The summed E-state index contributed by atoms with van der Waals surface area (Å²) in [5, 5.41) is 15.0. The summed E-state index contributed by atoms with van der Waals surface area (Å²) in [5.41, 5.74) is 28.9. The summed E-state index contributed by atoms with van der Waals surface area (Å²) in [5.74, 6) is 0.833. The van der Waals surface area contributed by atoms with Crippen LogP contribution in [0.3, 0.4) is 0 Å². The predicted octanol–water partition coefficient (Wildman–Crippen LogP) is 16.6. The van der Waals surface area contributed by atoms with Gasteiger partial charge in [-0.1, -0.05) is 179 Å². The molecule has 0 amide bonds. The Morgan fingerprint density at radius 3 is 1.33 bits per heavy atom. The van der Waals surface area contributed by atoms with Crippen LogP contribution in [0, 0.1) is 12.8 Å². The minimum atomic E-state index is -3.43. The lowest BCUT2D eigenvalue weighted by molar-refractivity contribution is 0.103. The zero-order valence-corrected chi connectivity index (χ0v) is 80.9. The van der Waals surface area contributed by atoms with Crippen LogP contribution < -0.4 is 53.4 Å². The first-order valence-corrected chi connectivity index (χ1v) is 48.9. The number of methoxy groups -OCH3 is 2. The maximum Gasteiger partial charge on any atom is 0.259 e. The van der Waals surface area contributed by atoms with Crippen LogP contribution in [0.15, 0.2) is 261 Å². The molecule has 16 aromatic rings. The molecule has 0 radical (unpaired) electrons. The fraction of sp³-hybridized carbons (Fsp3) is 0.268. The fourth-order valence-electron chi connectivity index (χ4n) is 19.6. The lowest BCUT2D eigenvalue weighted by Crippen LogP contribution is -2.43. The number of nitrogens with one attached hydrogen (secondary N) is 2. The van der Waals surface area contributed by atoms with Crippen molar-refractivity contribution < 1.29 is 37.1 Å². The number of sulfone groups is 1. The van der Waals surface area contributed by atoms with Crippen LogP contribution in [0.25, 0.3) is 122 Å². The molecule has 1 saturated heterocycles. The van der Waals surface area contributed by atoms with Gasteiger partial charge in [-0.15, -0.1) is 0 Å². The molecule has 0 bridgehead atoms. The molecule has 0 saturated carbocycles. The van der Waals surface area contributed by atoms with Gasteiger partial charge in [0.15, 0.2) is 44.5 Å². The highest BCUT2D eigenvalue weighted by Gasteiger charge is 2.39. The van der Waals surface area contributed by atoms with Crippen LogP contribution >= 0.6 is 0 Å². The first-order valence-electron chi connectivity index (χ1n) is 47.2. The van der Waals surface area contributed by atoms with E-state index in [0.717, 1.165) is 125 Å². The molecule has 7 heterocycles. The van der Waals surface area contributed by atoms with Gasteiger partial charge >= 0.3 is 0 Å². The van der Waals surface area contributed by atoms with Crippen LogP contribution in [0.5, 0.6) is 11.5 Å². The van der Waals surface area contributed by atoms with Crippen molar-refractivity contribution in [2.75, 3.05) is 98.9 Å². The van der Waals surface area contributed by atoms with Crippen LogP contribution in [0.1, 0.15) is 123 Å². The number of piperazine rings is 1.